The number of hydrogen-bond acceptors (Lipinski definition) is 8. The minimum atomic E-state index is -0.473. The summed E-state index contributed by atoms with van der Waals surface area (Å²) in [5.74, 6) is 1.20. The lowest BCUT2D eigenvalue weighted by atomic mass is 10.2. The summed E-state index contributed by atoms with van der Waals surface area (Å²) in [5.41, 5.74) is 1.99. The zero-order valence-electron chi connectivity index (χ0n) is 22.7. The molecule has 0 aliphatic carbocycles. The summed E-state index contributed by atoms with van der Waals surface area (Å²) in [7, 11) is 1.56. The number of allylic oxidation sites excluding steroid dienone is 1. The number of rotatable bonds is 13. The molecule has 0 amide bonds. The Labute approximate surface area is 238 Å². The Morgan fingerprint density at radius 1 is 0.634 bits per heavy atom. The summed E-state index contributed by atoms with van der Waals surface area (Å²) >= 11 is 0. The molecule has 0 aliphatic heterocycles. The minimum absolute atomic E-state index is 0.386. The van der Waals surface area contributed by atoms with E-state index in [9.17, 15) is 9.59 Å². The maximum absolute atomic E-state index is 12.5. The highest BCUT2D eigenvalue weighted by Gasteiger charge is 2.10. The molecule has 0 aliphatic rings. The molecule has 0 N–H and O–H groups in total. The molecular weight excluding hydrogens is 520 g/mol. The number of carbonyl (C=O) groups excluding carboxylic acids is 2. The van der Waals surface area contributed by atoms with Crippen molar-refractivity contribution < 1.29 is 28.5 Å². The number of nitrogens with zero attached hydrogens (tertiary/aromatic N) is 2. The number of hydrogen-bond donors (Lipinski definition) is 0. The Morgan fingerprint density at radius 2 is 1.07 bits per heavy atom. The van der Waals surface area contributed by atoms with Crippen molar-refractivity contribution in [2.45, 2.75) is 19.3 Å². The summed E-state index contributed by atoms with van der Waals surface area (Å²) in [6.45, 7) is 4.33. The molecule has 0 fully saturated rings. The molecule has 0 bridgehead atoms. The van der Waals surface area contributed by atoms with E-state index in [1.807, 2.05) is 6.08 Å². The summed E-state index contributed by atoms with van der Waals surface area (Å²) in [6.07, 6.45) is 4.85. The molecule has 0 aromatic heterocycles. The molecule has 8 heteroatoms. The fourth-order valence-corrected chi connectivity index (χ4v) is 3.60. The second-order valence-corrected chi connectivity index (χ2v) is 8.85. The van der Waals surface area contributed by atoms with E-state index in [1.165, 1.54) is 0 Å². The van der Waals surface area contributed by atoms with Gasteiger partial charge in [0.2, 0.25) is 0 Å². The van der Waals surface area contributed by atoms with Crippen LogP contribution in [-0.4, -0.2) is 25.7 Å². The highest BCUT2D eigenvalue weighted by atomic mass is 16.5. The lowest BCUT2D eigenvalue weighted by Gasteiger charge is -2.07. The standard InChI is InChI=1S/C33H30N2O6/c1-3-4-5-6-23-39-29-17-9-25(10-18-29)33(37)41-31-21-13-27(14-22-31)35-34-26-11-19-30(20-12-26)40-32(36)24-7-15-28(38-2)16-8-24/h3,7-22H,1,4-6,23H2,2H3. The third kappa shape index (κ3) is 8.90. The first kappa shape index (κ1) is 28.8. The number of ether oxygens (including phenoxy) is 4. The number of azo groups is 1. The Kier molecular flexibility index (Phi) is 10.4. The summed E-state index contributed by atoms with van der Waals surface area (Å²) in [6, 6.07) is 26.9. The van der Waals surface area contributed by atoms with Crippen molar-refractivity contribution in [1.29, 1.82) is 0 Å². The van der Waals surface area contributed by atoms with Crippen LogP contribution in [0, 0.1) is 0 Å². The second kappa shape index (κ2) is 14.8. The van der Waals surface area contributed by atoms with Gasteiger partial charge in [0, 0.05) is 0 Å². The molecule has 0 heterocycles. The van der Waals surface area contributed by atoms with Crippen molar-refractivity contribution >= 4 is 23.3 Å². The number of unbranched alkanes of at least 4 members (excludes halogenated alkanes) is 2. The van der Waals surface area contributed by atoms with Gasteiger partial charge in [0.25, 0.3) is 0 Å². The monoisotopic (exact) mass is 550 g/mol. The van der Waals surface area contributed by atoms with Crippen molar-refractivity contribution in [2.75, 3.05) is 13.7 Å². The van der Waals surface area contributed by atoms with Crippen molar-refractivity contribution in [3.05, 3.63) is 121 Å². The van der Waals surface area contributed by atoms with Crippen molar-refractivity contribution in [2.24, 2.45) is 10.2 Å². The normalized spacial score (nSPS) is 10.7. The summed E-state index contributed by atoms with van der Waals surface area (Å²) in [5, 5.41) is 8.41. The molecule has 0 radical (unpaired) electrons. The van der Waals surface area contributed by atoms with E-state index in [0.717, 1.165) is 19.3 Å². The first-order valence-electron chi connectivity index (χ1n) is 13.1. The largest absolute Gasteiger partial charge is 0.497 e. The van der Waals surface area contributed by atoms with Gasteiger partial charge in [-0.05, 0) is 116 Å². The average Bonchev–Trinajstić information content (AvgIpc) is 3.01. The van der Waals surface area contributed by atoms with Gasteiger partial charge in [-0.25, -0.2) is 9.59 Å². The molecule has 0 spiro atoms. The SMILES string of the molecule is C=CCCCCOc1ccc(C(=O)Oc2ccc(N=Nc3ccc(OC(=O)c4ccc(OC)cc4)cc3)cc2)cc1. The van der Waals surface area contributed by atoms with E-state index in [0.29, 0.717) is 52.1 Å². The van der Waals surface area contributed by atoms with Gasteiger partial charge in [0.15, 0.2) is 0 Å². The van der Waals surface area contributed by atoms with E-state index in [1.54, 1.807) is 104 Å². The first-order chi connectivity index (χ1) is 20.0. The molecule has 41 heavy (non-hydrogen) atoms. The van der Waals surface area contributed by atoms with Crippen LogP contribution in [0.4, 0.5) is 11.4 Å². The Bertz CT molecular complexity index is 1460. The van der Waals surface area contributed by atoms with Crippen molar-refractivity contribution in [1.82, 2.24) is 0 Å². The van der Waals surface area contributed by atoms with E-state index in [-0.39, 0.29) is 0 Å². The molecule has 0 saturated heterocycles. The molecule has 4 rings (SSSR count). The van der Waals surface area contributed by atoms with Crippen molar-refractivity contribution in [3.8, 4) is 23.0 Å². The average molecular weight is 551 g/mol. The van der Waals surface area contributed by atoms with E-state index < -0.39 is 11.9 Å². The van der Waals surface area contributed by atoms with Crippen LogP contribution in [-0.2, 0) is 0 Å². The summed E-state index contributed by atoms with van der Waals surface area (Å²) in [4.78, 5) is 24.8. The van der Waals surface area contributed by atoms with Crippen LogP contribution in [0.15, 0.2) is 120 Å². The molecule has 8 nitrogen and oxygen atoms in total. The zero-order chi connectivity index (χ0) is 28.9. The maximum Gasteiger partial charge on any atom is 0.343 e. The van der Waals surface area contributed by atoms with Gasteiger partial charge in [-0.3, -0.25) is 0 Å². The summed E-state index contributed by atoms with van der Waals surface area (Å²) < 4.78 is 21.6. The quantitative estimate of drug-likeness (QED) is 0.0546. The maximum atomic E-state index is 12.5. The van der Waals surface area contributed by atoms with Crippen LogP contribution in [0.25, 0.3) is 0 Å². The number of benzene rings is 4. The smallest absolute Gasteiger partial charge is 0.343 e. The van der Waals surface area contributed by atoms with Crippen LogP contribution in [0.2, 0.25) is 0 Å². The predicted molar refractivity (Wildman–Crippen MR) is 156 cm³/mol. The van der Waals surface area contributed by atoms with E-state index >= 15 is 0 Å². The highest BCUT2D eigenvalue weighted by Crippen LogP contribution is 2.24. The third-order valence-corrected chi connectivity index (χ3v) is 5.86. The first-order valence-corrected chi connectivity index (χ1v) is 13.1. The van der Waals surface area contributed by atoms with Crippen LogP contribution in [0.3, 0.4) is 0 Å². The fraction of sp³-hybridized carbons (Fsp3) is 0.152. The second-order valence-electron chi connectivity index (χ2n) is 8.85. The van der Waals surface area contributed by atoms with Gasteiger partial charge in [-0.1, -0.05) is 6.08 Å². The fourth-order valence-electron chi connectivity index (χ4n) is 3.60. The van der Waals surface area contributed by atoms with Crippen LogP contribution >= 0.6 is 0 Å². The molecule has 4 aromatic carbocycles. The zero-order valence-corrected chi connectivity index (χ0v) is 22.7. The van der Waals surface area contributed by atoms with Crippen LogP contribution < -0.4 is 18.9 Å². The highest BCUT2D eigenvalue weighted by molar-refractivity contribution is 5.91. The number of esters is 2. The number of methoxy groups -OCH3 is 1. The van der Waals surface area contributed by atoms with Gasteiger partial charge < -0.3 is 18.9 Å². The van der Waals surface area contributed by atoms with Gasteiger partial charge in [0.05, 0.1) is 36.2 Å². The van der Waals surface area contributed by atoms with Gasteiger partial charge in [-0.15, -0.1) is 6.58 Å². The molecule has 4 aromatic rings. The molecule has 0 unspecified atom stereocenters. The number of carbonyl (C=O) groups is 2. The van der Waals surface area contributed by atoms with Crippen LogP contribution in [0.5, 0.6) is 23.0 Å². The van der Waals surface area contributed by atoms with Crippen LogP contribution in [0.1, 0.15) is 40.0 Å². The van der Waals surface area contributed by atoms with E-state index in [4.69, 9.17) is 18.9 Å². The Morgan fingerprint density at radius 3 is 1.51 bits per heavy atom. The van der Waals surface area contributed by atoms with Crippen molar-refractivity contribution in [3.63, 3.8) is 0 Å². The molecule has 0 saturated carbocycles. The topological polar surface area (TPSA) is 95.8 Å². The Balaban J connectivity index is 1.25. The van der Waals surface area contributed by atoms with E-state index in [2.05, 4.69) is 16.8 Å². The minimum Gasteiger partial charge on any atom is -0.497 e. The van der Waals surface area contributed by atoms with Gasteiger partial charge in [-0.2, -0.15) is 10.2 Å². The Hall–Kier alpha value is -5.24. The predicted octanol–water partition coefficient (Wildman–Crippen LogP) is 8.28. The van der Waals surface area contributed by atoms with Gasteiger partial charge in [0.1, 0.15) is 23.0 Å². The molecule has 208 valence electrons. The molecule has 0 atom stereocenters. The lowest BCUT2D eigenvalue weighted by Crippen LogP contribution is -2.08. The van der Waals surface area contributed by atoms with Gasteiger partial charge >= 0.3 is 11.9 Å². The lowest BCUT2D eigenvalue weighted by molar-refractivity contribution is 0.0725. The third-order valence-electron chi connectivity index (χ3n) is 5.86. The molecular formula is C33H30N2O6.